The van der Waals surface area contributed by atoms with E-state index in [1.807, 2.05) is 0 Å². The molecule has 0 rings (SSSR count). The molecule has 0 aliphatic carbocycles. The van der Waals surface area contributed by atoms with E-state index >= 15 is 0 Å². The molecule has 0 spiro atoms. The molecule has 0 bridgehead atoms. The lowest BCUT2D eigenvalue weighted by molar-refractivity contribution is -0.417. The summed E-state index contributed by atoms with van der Waals surface area (Å²) in [5.74, 6) is -80.2. The van der Waals surface area contributed by atoms with Gasteiger partial charge in [0.1, 0.15) is 0 Å². The molecule has 0 fully saturated rings. The Kier molecular flexibility index (Phi) is 11.4. The van der Waals surface area contributed by atoms with Crippen molar-refractivity contribution < 1.29 is 120 Å². The molecular formula is C16H12F24NO3P. The fourth-order valence-electron chi connectivity index (χ4n) is 2.94. The number of hydrogen-bond donors (Lipinski definition) is 2. The lowest BCUT2D eigenvalue weighted by atomic mass is 9.87. The van der Waals surface area contributed by atoms with E-state index in [0.29, 0.717) is 0 Å². The molecule has 0 atom stereocenters. The van der Waals surface area contributed by atoms with Gasteiger partial charge in [0.2, 0.25) is 0 Å². The van der Waals surface area contributed by atoms with Crippen LogP contribution in [0.2, 0.25) is 0 Å². The summed E-state index contributed by atoms with van der Waals surface area (Å²) in [5.41, 5.74) is 0. The monoisotopic (exact) mass is 753 g/mol. The van der Waals surface area contributed by atoms with Gasteiger partial charge >= 0.3 is 79.8 Å². The molecule has 0 radical (unpaired) electrons. The maximum atomic E-state index is 14.2. The number of alkyl halides is 24. The van der Waals surface area contributed by atoms with Crippen molar-refractivity contribution in [2.24, 2.45) is 0 Å². The van der Waals surface area contributed by atoms with Gasteiger partial charge in [-0.25, -0.2) is 26.8 Å². The molecular weight excluding hydrogens is 741 g/mol. The molecule has 0 aromatic rings. The minimum atomic E-state index is -8.45. The average molecular weight is 753 g/mol. The predicted molar refractivity (Wildman–Crippen MR) is 94.3 cm³/mol. The van der Waals surface area contributed by atoms with Crippen molar-refractivity contribution in [1.82, 2.24) is 4.67 Å². The molecule has 272 valence electrons. The highest BCUT2D eigenvalue weighted by molar-refractivity contribution is 7.49. The highest BCUT2D eigenvalue weighted by Gasteiger charge is 2.89. The van der Waals surface area contributed by atoms with E-state index in [1.54, 1.807) is 0 Å². The minimum Gasteiger partial charge on any atom is -0.312 e. The molecule has 0 amide bonds. The first kappa shape index (κ1) is 43.4. The molecule has 0 aromatic heterocycles. The summed E-state index contributed by atoms with van der Waals surface area (Å²) in [6.07, 6.45) is -20.4. The molecule has 0 unspecified atom stereocenters. The largest absolute Gasteiger partial charge is 0.402 e. The van der Waals surface area contributed by atoms with E-state index in [4.69, 9.17) is 9.79 Å². The van der Waals surface area contributed by atoms with Crippen LogP contribution < -0.4 is 0 Å². The molecule has 4 nitrogen and oxygen atoms in total. The number of nitrogens with zero attached hydrogens (tertiary/aromatic N) is 1. The normalized spacial score (nSPS) is 16.5. The summed E-state index contributed by atoms with van der Waals surface area (Å²) in [6.45, 7) is 0. The quantitative estimate of drug-likeness (QED) is 0.124. The third-order valence-electron chi connectivity index (χ3n) is 5.80. The second-order valence-corrected chi connectivity index (χ2v) is 10.5. The highest BCUT2D eigenvalue weighted by atomic mass is 31.2. The zero-order chi connectivity index (χ0) is 37.2. The number of rotatable bonds is 16. The van der Waals surface area contributed by atoms with E-state index in [0.717, 1.165) is 0 Å². The molecule has 0 saturated heterocycles. The summed E-state index contributed by atoms with van der Waals surface area (Å²) in [5, 5.41) is 0. The summed E-state index contributed by atoms with van der Waals surface area (Å²) in [4.78, 5) is 17.7. The minimum absolute atomic E-state index is 0.622. The molecule has 0 aliphatic heterocycles. The van der Waals surface area contributed by atoms with Crippen LogP contribution >= 0.6 is 7.75 Å². The maximum absolute atomic E-state index is 14.2. The predicted octanol–water partition coefficient (Wildman–Crippen LogP) is 8.04. The first-order valence-electron chi connectivity index (χ1n) is 10.2. The Hall–Kier alpha value is -1.57. The topological polar surface area (TPSA) is 60.8 Å². The molecule has 0 aliphatic rings. The lowest BCUT2D eigenvalue weighted by Gasteiger charge is -2.42. The average Bonchev–Trinajstić information content (AvgIpc) is 2.80. The molecule has 0 saturated carbocycles. The third kappa shape index (κ3) is 6.61. The van der Waals surface area contributed by atoms with E-state index in [2.05, 4.69) is 0 Å². The van der Waals surface area contributed by atoms with Crippen LogP contribution in [-0.4, -0.2) is 99.6 Å². The number of halogens is 24. The smallest absolute Gasteiger partial charge is 0.312 e. The van der Waals surface area contributed by atoms with Gasteiger partial charge < -0.3 is 9.79 Å². The molecule has 0 heterocycles. The Balaban J connectivity index is 7.15. The van der Waals surface area contributed by atoms with Gasteiger partial charge in [0.15, 0.2) is 0 Å². The Labute approximate surface area is 231 Å². The van der Waals surface area contributed by atoms with Gasteiger partial charge in [0.05, 0.1) is 0 Å². The van der Waals surface area contributed by atoms with Gasteiger partial charge in [0.25, 0.3) is 0 Å². The van der Waals surface area contributed by atoms with Gasteiger partial charge in [0, 0.05) is 18.9 Å². The Morgan fingerprint density at radius 1 is 0.489 bits per heavy atom. The highest BCUT2D eigenvalue weighted by Crippen LogP contribution is 2.62. The van der Waals surface area contributed by atoms with Gasteiger partial charge in [-0.05, 0) is 7.05 Å². The summed E-state index contributed by atoms with van der Waals surface area (Å²) in [6, 6.07) is -4.59. The van der Waals surface area contributed by atoms with Crippen LogP contribution in [0.3, 0.4) is 0 Å². The number of hydrogen-bond acceptors (Lipinski definition) is 1. The lowest BCUT2D eigenvalue weighted by Crippen LogP contribution is -2.70. The van der Waals surface area contributed by atoms with E-state index < -0.39 is 110 Å². The van der Waals surface area contributed by atoms with Crippen LogP contribution in [0.15, 0.2) is 0 Å². The fourth-order valence-corrected chi connectivity index (χ4v) is 3.53. The van der Waals surface area contributed by atoms with Crippen LogP contribution in [0, 0.1) is 0 Å². The zero-order valence-corrected chi connectivity index (χ0v) is 21.3. The maximum Gasteiger partial charge on any atom is 0.402 e. The van der Waals surface area contributed by atoms with Crippen LogP contribution in [0.5, 0.6) is 0 Å². The van der Waals surface area contributed by atoms with Crippen LogP contribution in [0.1, 0.15) is 12.8 Å². The Bertz CT molecular complexity index is 1020. The Morgan fingerprint density at radius 3 is 0.889 bits per heavy atom. The third-order valence-corrected chi connectivity index (χ3v) is 6.95. The molecule has 2 N–H and O–H groups in total. The first-order chi connectivity index (χ1) is 19.1. The molecule has 0 aromatic carbocycles. The van der Waals surface area contributed by atoms with E-state index in [1.165, 1.54) is 0 Å². The van der Waals surface area contributed by atoms with Crippen molar-refractivity contribution in [2.75, 3.05) is 7.05 Å². The molecule has 29 heteroatoms. The standard InChI is InChI=1S/C16H12F24NO3P/c1-41(45(42,43)44)4(2-7(21,22)11(29,30)15(37,38)13(33,34)9(25,26)5(17)18)3-8(23,24)12(31,32)16(39,40)14(35,36)10(27,28)6(19)20/h4-6H,2-3H2,1H3,(H2,42,43,44). The molecule has 45 heavy (non-hydrogen) atoms. The van der Waals surface area contributed by atoms with Gasteiger partial charge in [-0.3, -0.25) is 0 Å². The van der Waals surface area contributed by atoms with Crippen molar-refractivity contribution in [2.45, 2.75) is 91.0 Å². The zero-order valence-electron chi connectivity index (χ0n) is 20.4. The van der Waals surface area contributed by atoms with Crippen molar-refractivity contribution in [3.63, 3.8) is 0 Å². The summed E-state index contributed by atoms with van der Waals surface area (Å²) < 4.78 is 330. The van der Waals surface area contributed by atoms with E-state index in [9.17, 15) is 110 Å². The second-order valence-electron chi connectivity index (χ2n) is 8.85. The van der Waals surface area contributed by atoms with Gasteiger partial charge in [-0.2, -0.15) is 87.8 Å². The summed E-state index contributed by atoms with van der Waals surface area (Å²) >= 11 is 0. The first-order valence-corrected chi connectivity index (χ1v) is 11.8. The van der Waals surface area contributed by atoms with Crippen molar-refractivity contribution in [1.29, 1.82) is 0 Å². The van der Waals surface area contributed by atoms with Crippen LogP contribution in [0.25, 0.3) is 0 Å². The van der Waals surface area contributed by atoms with E-state index in [-0.39, 0.29) is 0 Å². The fraction of sp³-hybridized carbons (Fsp3) is 1.00. The summed E-state index contributed by atoms with van der Waals surface area (Å²) in [7, 11) is -7.37. The van der Waals surface area contributed by atoms with Gasteiger partial charge in [-0.15, -0.1) is 0 Å². The van der Waals surface area contributed by atoms with Crippen molar-refractivity contribution >= 4 is 7.75 Å². The second kappa shape index (κ2) is 11.8. The van der Waals surface area contributed by atoms with Crippen LogP contribution in [-0.2, 0) is 4.57 Å². The SMILES string of the molecule is CN(C(CC(F)(F)C(F)(F)C(F)(F)C(F)(F)C(F)(F)C(F)F)CC(F)(F)C(F)(F)C(F)(F)C(F)(F)C(F)(F)C(F)F)P(=O)(O)O. The van der Waals surface area contributed by atoms with Crippen molar-refractivity contribution in [3.05, 3.63) is 0 Å². The Morgan fingerprint density at radius 2 is 0.711 bits per heavy atom. The van der Waals surface area contributed by atoms with Crippen LogP contribution in [0.4, 0.5) is 105 Å². The van der Waals surface area contributed by atoms with Gasteiger partial charge in [-0.1, -0.05) is 0 Å². The van der Waals surface area contributed by atoms with Crippen molar-refractivity contribution in [3.8, 4) is 0 Å².